The Hall–Kier alpha value is -0.610. The largest absolute Gasteiger partial charge is 0.385 e. The van der Waals surface area contributed by atoms with E-state index in [1.54, 1.807) is 7.11 Å². The molecule has 4 heteroatoms. The van der Waals surface area contributed by atoms with Gasteiger partial charge in [-0.2, -0.15) is 0 Å². The number of hydrogen-bond donors (Lipinski definition) is 0. The number of carbonyl (C=O) groups excluding carboxylic acids is 1. The Morgan fingerprint density at radius 2 is 2.16 bits per heavy atom. The van der Waals surface area contributed by atoms with Crippen LogP contribution in [0.4, 0.5) is 0 Å². The molecule has 0 radical (unpaired) electrons. The molecule has 110 valence electrons. The number of carbonyl (C=O) groups is 1. The van der Waals surface area contributed by atoms with E-state index in [9.17, 15) is 4.79 Å². The van der Waals surface area contributed by atoms with Crippen LogP contribution in [0.5, 0.6) is 0 Å². The van der Waals surface area contributed by atoms with Crippen molar-refractivity contribution in [3.05, 3.63) is 0 Å². The van der Waals surface area contributed by atoms with Crippen LogP contribution in [0.25, 0.3) is 0 Å². The summed E-state index contributed by atoms with van der Waals surface area (Å²) < 4.78 is 10.9. The third-order valence-corrected chi connectivity index (χ3v) is 4.65. The minimum absolute atomic E-state index is 0.139. The second kappa shape index (κ2) is 6.71. The summed E-state index contributed by atoms with van der Waals surface area (Å²) >= 11 is 0. The van der Waals surface area contributed by atoms with Gasteiger partial charge in [0.2, 0.25) is 5.91 Å². The molecule has 0 N–H and O–H groups in total. The van der Waals surface area contributed by atoms with Crippen molar-refractivity contribution in [2.24, 2.45) is 5.41 Å². The van der Waals surface area contributed by atoms with Crippen LogP contribution in [-0.2, 0) is 14.3 Å². The van der Waals surface area contributed by atoms with E-state index in [0.29, 0.717) is 12.5 Å². The SMILES string of the molecule is COCCC1(C(=O)N(C)C[C@@H]2CCCCO2)CCC1. The van der Waals surface area contributed by atoms with Gasteiger partial charge in [0.05, 0.1) is 11.5 Å². The Morgan fingerprint density at radius 1 is 1.37 bits per heavy atom. The van der Waals surface area contributed by atoms with E-state index in [1.807, 2.05) is 11.9 Å². The number of ether oxygens (including phenoxy) is 2. The molecule has 0 aromatic carbocycles. The zero-order chi connectivity index (χ0) is 13.7. The molecule has 0 aromatic rings. The molecule has 19 heavy (non-hydrogen) atoms. The highest BCUT2D eigenvalue weighted by Crippen LogP contribution is 2.45. The minimum atomic E-state index is -0.139. The van der Waals surface area contributed by atoms with Crippen LogP contribution in [0.1, 0.15) is 44.9 Å². The number of rotatable bonds is 6. The van der Waals surface area contributed by atoms with E-state index >= 15 is 0 Å². The first-order chi connectivity index (χ1) is 9.18. The third-order valence-electron chi connectivity index (χ3n) is 4.65. The summed E-state index contributed by atoms with van der Waals surface area (Å²) in [5, 5.41) is 0. The van der Waals surface area contributed by atoms with Gasteiger partial charge < -0.3 is 14.4 Å². The van der Waals surface area contributed by atoms with E-state index in [2.05, 4.69) is 0 Å². The molecule has 1 aliphatic heterocycles. The topological polar surface area (TPSA) is 38.8 Å². The Balaban J connectivity index is 1.85. The fourth-order valence-electron chi connectivity index (χ4n) is 3.22. The summed E-state index contributed by atoms with van der Waals surface area (Å²) in [6.07, 6.45) is 7.77. The minimum Gasteiger partial charge on any atom is -0.385 e. The van der Waals surface area contributed by atoms with Crippen LogP contribution in [0, 0.1) is 5.41 Å². The normalized spacial score (nSPS) is 25.7. The first-order valence-corrected chi connectivity index (χ1v) is 7.54. The molecule has 1 atom stereocenters. The van der Waals surface area contributed by atoms with Crippen LogP contribution in [0.15, 0.2) is 0 Å². The van der Waals surface area contributed by atoms with Gasteiger partial charge in [0.15, 0.2) is 0 Å². The molecule has 4 nitrogen and oxygen atoms in total. The van der Waals surface area contributed by atoms with Gasteiger partial charge in [0, 0.05) is 33.9 Å². The quantitative estimate of drug-likeness (QED) is 0.742. The predicted molar refractivity (Wildman–Crippen MR) is 74.0 cm³/mol. The van der Waals surface area contributed by atoms with Gasteiger partial charge >= 0.3 is 0 Å². The van der Waals surface area contributed by atoms with Crippen LogP contribution >= 0.6 is 0 Å². The average Bonchev–Trinajstić information content (AvgIpc) is 2.38. The van der Waals surface area contributed by atoms with Crippen LogP contribution in [0.2, 0.25) is 0 Å². The lowest BCUT2D eigenvalue weighted by atomic mass is 9.66. The van der Waals surface area contributed by atoms with E-state index < -0.39 is 0 Å². The fraction of sp³-hybridized carbons (Fsp3) is 0.933. The molecule has 2 fully saturated rings. The lowest BCUT2D eigenvalue weighted by molar-refractivity contribution is -0.150. The molecule has 1 saturated carbocycles. The molecule has 0 spiro atoms. The highest BCUT2D eigenvalue weighted by Gasteiger charge is 2.45. The summed E-state index contributed by atoms with van der Waals surface area (Å²) in [7, 11) is 3.63. The Bertz CT molecular complexity index is 296. The summed E-state index contributed by atoms with van der Waals surface area (Å²) in [6, 6.07) is 0. The summed E-state index contributed by atoms with van der Waals surface area (Å²) in [6.45, 7) is 2.27. The maximum atomic E-state index is 12.6. The number of nitrogens with zero attached hydrogens (tertiary/aromatic N) is 1. The molecule has 0 aromatic heterocycles. The second-order valence-electron chi connectivity index (χ2n) is 6.05. The predicted octanol–water partition coefficient (Wildman–Crippen LogP) is 2.22. The van der Waals surface area contributed by atoms with Gasteiger partial charge in [0.25, 0.3) is 0 Å². The molecule has 1 amide bonds. The van der Waals surface area contributed by atoms with Gasteiger partial charge in [0.1, 0.15) is 0 Å². The molecule has 1 aliphatic carbocycles. The number of amides is 1. The van der Waals surface area contributed by atoms with Crippen molar-refractivity contribution in [3.63, 3.8) is 0 Å². The van der Waals surface area contributed by atoms with E-state index in [0.717, 1.165) is 45.3 Å². The lowest BCUT2D eigenvalue weighted by Gasteiger charge is -2.43. The summed E-state index contributed by atoms with van der Waals surface area (Å²) in [4.78, 5) is 14.5. The Labute approximate surface area is 116 Å². The molecular formula is C15H27NO3. The number of methoxy groups -OCH3 is 1. The molecule has 1 heterocycles. The van der Waals surface area contributed by atoms with Gasteiger partial charge in [-0.3, -0.25) is 4.79 Å². The van der Waals surface area contributed by atoms with Crippen LogP contribution in [-0.4, -0.2) is 50.8 Å². The van der Waals surface area contributed by atoms with Crippen LogP contribution < -0.4 is 0 Å². The first-order valence-electron chi connectivity index (χ1n) is 7.54. The van der Waals surface area contributed by atoms with E-state index in [1.165, 1.54) is 12.8 Å². The standard InChI is InChI=1S/C15H27NO3/c1-16(12-13-6-3-4-10-19-13)14(17)15(7-5-8-15)9-11-18-2/h13H,3-12H2,1-2H3/t13-/m0/s1. The van der Waals surface area contributed by atoms with Gasteiger partial charge in [-0.1, -0.05) is 6.42 Å². The van der Waals surface area contributed by atoms with Crippen molar-refractivity contribution in [1.82, 2.24) is 4.90 Å². The Morgan fingerprint density at radius 3 is 2.68 bits per heavy atom. The maximum absolute atomic E-state index is 12.6. The van der Waals surface area contributed by atoms with E-state index in [-0.39, 0.29) is 11.5 Å². The third kappa shape index (κ3) is 3.48. The lowest BCUT2D eigenvalue weighted by Crippen LogP contribution is -2.49. The van der Waals surface area contributed by atoms with Gasteiger partial charge in [-0.25, -0.2) is 0 Å². The van der Waals surface area contributed by atoms with Crippen molar-refractivity contribution in [2.75, 3.05) is 33.9 Å². The van der Waals surface area contributed by atoms with E-state index in [4.69, 9.17) is 9.47 Å². The van der Waals surface area contributed by atoms with Crippen molar-refractivity contribution in [3.8, 4) is 0 Å². The molecular weight excluding hydrogens is 242 g/mol. The van der Waals surface area contributed by atoms with Crippen LogP contribution in [0.3, 0.4) is 0 Å². The second-order valence-corrected chi connectivity index (χ2v) is 6.05. The van der Waals surface area contributed by atoms with Crippen molar-refractivity contribution in [2.45, 2.75) is 51.0 Å². The van der Waals surface area contributed by atoms with Crippen molar-refractivity contribution < 1.29 is 14.3 Å². The highest BCUT2D eigenvalue weighted by molar-refractivity contribution is 5.83. The monoisotopic (exact) mass is 269 g/mol. The molecule has 0 bridgehead atoms. The zero-order valence-corrected chi connectivity index (χ0v) is 12.3. The van der Waals surface area contributed by atoms with Crippen molar-refractivity contribution >= 4 is 5.91 Å². The highest BCUT2D eigenvalue weighted by atomic mass is 16.5. The molecule has 0 unspecified atom stereocenters. The summed E-state index contributed by atoms with van der Waals surface area (Å²) in [5.41, 5.74) is -0.139. The van der Waals surface area contributed by atoms with Gasteiger partial charge in [-0.15, -0.1) is 0 Å². The smallest absolute Gasteiger partial charge is 0.228 e. The zero-order valence-electron chi connectivity index (χ0n) is 12.3. The fourth-order valence-corrected chi connectivity index (χ4v) is 3.22. The van der Waals surface area contributed by atoms with Gasteiger partial charge in [-0.05, 0) is 38.5 Å². The number of likely N-dealkylation sites (N-methyl/N-ethyl adjacent to an activating group) is 1. The molecule has 2 aliphatic rings. The molecule has 2 rings (SSSR count). The number of hydrogen-bond acceptors (Lipinski definition) is 3. The summed E-state index contributed by atoms with van der Waals surface area (Å²) in [5.74, 6) is 0.296. The Kier molecular flexibility index (Phi) is 5.22. The average molecular weight is 269 g/mol. The van der Waals surface area contributed by atoms with Crippen molar-refractivity contribution in [1.29, 1.82) is 0 Å². The first kappa shape index (κ1) is 14.8. The molecule has 1 saturated heterocycles. The maximum Gasteiger partial charge on any atom is 0.228 e.